The largest absolute Gasteiger partial charge is 0.436 e. The van der Waals surface area contributed by atoms with Gasteiger partial charge in [-0.25, -0.2) is 0 Å². The van der Waals surface area contributed by atoms with Crippen LogP contribution in [0.1, 0.15) is 10.8 Å². The third-order valence-electron chi connectivity index (χ3n) is 2.43. The molecule has 3 nitrogen and oxygen atoms in total. The van der Waals surface area contributed by atoms with E-state index < -0.39 is 6.23 Å². The van der Waals surface area contributed by atoms with Crippen LogP contribution >= 0.6 is 23.1 Å². The van der Waals surface area contributed by atoms with Gasteiger partial charge in [0.05, 0.1) is 9.46 Å². The Hall–Kier alpha value is -0.785. The van der Waals surface area contributed by atoms with Crippen LogP contribution < -0.4 is 5.73 Å². The van der Waals surface area contributed by atoms with Gasteiger partial charge in [-0.05, 0) is 17.0 Å². The van der Waals surface area contributed by atoms with Crippen molar-refractivity contribution in [2.45, 2.75) is 15.7 Å². The number of nitrogens with two attached hydrogens (primary N) is 1. The van der Waals surface area contributed by atoms with Crippen molar-refractivity contribution in [3.05, 3.63) is 53.4 Å². The Morgan fingerprint density at radius 2 is 2.00 bits per heavy atom. The SMILES string of the molecule is NC(OBO)C(Sc1cccs1)c1ccccc1. The summed E-state index contributed by atoms with van der Waals surface area (Å²) < 4.78 is 6.31. The van der Waals surface area contributed by atoms with Crippen molar-refractivity contribution in [3.63, 3.8) is 0 Å². The summed E-state index contributed by atoms with van der Waals surface area (Å²) in [6, 6.07) is 14.0. The molecule has 1 aromatic carbocycles. The molecule has 2 atom stereocenters. The summed E-state index contributed by atoms with van der Waals surface area (Å²) in [5, 5.41) is 10.8. The molecule has 0 amide bonds. The lowest BCUT2D eigenvalue weighted by molar-refractivity contribution is 0.187. The molecule has 0 aliphatic rings. The number of hydrogen-bond donors (Lipinski definition) is 2. The summed E-state index contributed by atoms with van der Waals surface area (Å²) in [7, 11) is -0.366. The molecule has 0 aliphatic carbocycles. The first-order valence-corrected chi connectivity index (χ1v) is 7.30. The maximum absolute atomic E-state index is 8.85. The van der Waals surface area contributed by atoms with Crippen LogP contribution in [0.25, 0.3) is 0 Å². The second kappa shape index (κ2) is 6.96. The molecule has 1 aromatic heterocycles. The van der Waals surface area contributed by atoms with Crippen molar-refractivity contribution >= 4 is 30.8 Å². The summed E-state index contributed by atoms with van der Waals surface area (Å²) in [5.74, 6) is 0. The number of rotatable bonds is 6. The molecule has 2 unspecified atom stereocenters. The van der Waals surface area contributed by atoms with Crippen LogP contribution in [0.5, 0.6) is 0 Å². The van der Waals surface area contributed by atoms with E-state index in [9.17, 15) is 0 Å². The highest BCUT2D eigenvalue weighted by Crippen LogP contribution is 2.39. The molecule has 0 fully saturated rings. The summed E-state index contributed by atoms with van der Waals surface area (Å²) in [5.41, 5.74) is 7.07. The highest BCUT2D eigenvalue weighted by atomic mass is 32.2. The van der Waals surface area contributed by atoms with E-state index in [2.05, 4.69) is 6.07 Å². The van der Waals surface area contributed by atoms with Crippen LogP contribution in [0.2, 0.25) is 0 Å². The first-order valence-electron chi connectivity index (χ1n) is 5.54. The molecular formula is C12H14BNO2S2. The average molecular weight is 279 g/mol. The molecule has 3 N–H and O–H groups in total. The molecule has 2 rings (SSSR count). The van der Waals surface area contributed by atoms with Gasteiger partial charge in [-0.1, -0.05) is 36.4 Å². The van der Waals surface area contributed by atoms with Crippen molar-refractivity contribution in [2.75, 3.05) is 0 Å². The predicted octanol–water partition coefficient (Wildman–Crippen LogP) is 2.14. The zero-order valence-corrected chi connectivity index (χ0v) is 11.4. The van der Waals surface area contributed by atoms with E-state index in [-0.39, 0.29) is 12.9 Å². The quantitative estimate of drug-likeness (QED) is 0.483. The lowest BCUT2D eigenvalue weighted by Crippen LogP contribution is -2.31. The Morgan fingerprint density at radius 3 is 2.61 bits per heavy atom. The second-order valence-electron chi connectivity index (χ2n) is 3.64. The highest BCUT2D eigenvalue weighted by Gasteiger charge is 2.22. The van der Waals surface area contributed by atoms with Crippen molar-refractivity contribution in [2.24, 2.45) is 5.73 Å². The fraction of sp³-hybridized carbons (Fsp3) is 0.167. The summed E-state index contributed by atoms with van der Waals surface area (Å²) in [6.07, 6.45) is -0.538. The molecule has 0 aliphatic heterocycles. The lowest BCUT2D eigenvalue weighted by Gasteiger charge is -2.22. The van der Waals surface area contributed by atoms with E-state index in [0.29, 0.717) is 0 Å². The van der Waals surface area contributed by atoms with Gasteiger partial charge in [-0.15, -0.1) is 23.1 Å². The van der Waals surface area contributed by atoms with Gasteiger partial charge in [0.2, 0.25) is 0 Å². The minimum Gasteiger partial charge on any atom is -0.430 e. The van der Waals surface area contributed by atoms with E-state index in [1.807, 2.05) is 41.8 Å². The predicted molar refractivity (Wildman–Crippen MR) is 77.8 cm³/mol. The minimum atomic E-state index is -0.538. The minimum absolute atomic E-state index is 0.0306. The second-order valence-corrected chi connectivity index (χ2v) is 6.03. The first-order chi connectivity index (χ1) is 8.81. The third kappa shape index (κ3) is 3.60. The van der Waals surface area contributed by atoms with Gasteiger partial charge in [0.1, 0.15) is 6.23 Å². The van der Waals surface area contributed by atoms with Crippen molar-refractivity contribution in [3.8, 4) is 0 Å². The molecule has 1 heterocycles. The standard InChI is InChI=1S/C12H14BNO2S2/c14-12(16-13-15)11(9-5-2-1-3-6-9)18-10-7-4-8-17-10/h1-8,11-13,15H,14H2. The zero-order chi connectivity index (χ0) is 12.8. The number of thioether (sulfide) groups is 1. The Morgan fingerprint density at radius 1 is 1.22 bits per heavy atom. The van der Waals surface area contributed by atoms with E-state index >= 15 is 0 Å². The molecule has 0 saturated carbocycles. The van der Waals surface area contributed by atoms with Gasteiger partial charge in [0.25, 0.3) is 0 Å². The average Bonchev–Trinajstić information content (AvgIpc) is 2.90. The summed E-state index contributed by atoms with van der Waals surface area (Å²) in [4.78, 5) is 0. The monoisotopic (exact) mass is 279 g/mol. The van der Waals surface area contributed by atoms with Crippen LogP contribution in [0.4, 0.5) is 0 Å². The summed E-state index contributed by atoms with van der Waals surface area (Å²) in [6.45, 7) is 0. The van der Waals surface area contributed by atoms with Gasteiger partial charge >= 0.3 is 7.69 Å². The van der Waals surface area contributed by atoms with E-state index in [1.165, 1.54) is 4.21 Å². The fourth-order valence-corrected chi connectivity index (χ4v) is 3.66. The van der Waals surface area contributed by atoms with Gasteiger partial charge in [-0.3, -0.25) is 0 Å². The van der Waals surface area contributed by atoms with Crippen molar-refractivity contribution in [1.29, 1.82) is 0 Å². The topological polar surface area (TPSA) is 55.5 Å². The molecule has 0 saturated heterocycles. The number of thiophene rings is 1. The molecular weight excluding hydrogens is 265 g/mol. The Kier molecular flexibility index (Phi) is 5.28. The lowest BCUT2D eigenvalue weighted by atomic mass is 10.1. The van der Waals surface area contributed by atoms with E-state index in [0.717, 1.165) is 5.56 Å². The van der Waals surface area contributed by atoms with Crippen molar-refractivity contribution in [1.82, 2.24) is 0 Å². The van der Waals surface area contributed by atoms with E-state index in [4.69, 9.17) is 15.4 Å². The van der Waals surface area contributed by atoms with Crippen LogP contribution in [-0.2, 0) is 4.65 Å². The van der Waals surface area contributed by atoms with Crippen molar-refractivity contribution < 1.29 is 9.68 Å². The summed E-state index contributed by atoms with van der Waals surface area (Å²) >= 11 is 3.32. The third-order valence-corrected chi connectivity index (χ3v) is 4.83. The Bertz CT molecular complexity index is 452. The van der Waals surface area contributed by atoms with Crippen LogP contribution in [0.15, 0.2) is 52.1 Å². The smallest absolute Gasteiger partial charge is 0.430 e. The fourth-order valence-electron chi connectivity index (χ4n) is 1.60. The highest BCUT2D eigenvalue weighted by molar-refractivity contribution is 8.01. The first kappa shape index (κ1) is 13.6. The molecule has 6 heteroatoms. The Balaban J connectivity index is 2.17. The number of benzene rings is 1. The van der Waals surface area contributed by atoms with E-state index in [1.54, 1.807) is 23.1 Å². The molecule has 0 radical (unpaired) electrons. The maximum Gasteiger partial charge on any atom is 0.436 e. The maximum atomic E-state index is 8.85. The Labute approximate surface area is 115 Å². The van der Waals surface area contributed by atoms with Gasteiger partial charge in [-0.2, -0.15) is 0 Å². The molecule has 2 aromatic rings. The molecule has 0 spiro atoms. The molecule has 18 heavy (non-hydrogen) atoms. The van der Waals surface area contributed by atoms with Gasteiger partial charge in [0.15, 0.2) is 0 Å². The van der Waals surface area contributed by atoms with Gasteiger partial charge in [0, 0.05) is 0 Å². The van der Waals surface area contributed by atoms with Crippen LogP contribution in [0.3, 0.4) is 0 Å². The zero-order valence-electron chi connectivity index (χ0n) is 9.73. The van der Waals surface area contributed by atoms with Crippen LogP contribution in [-0.4, -0.2) is 18.9 Å². The van der Waals surface area contributed by atoms with Gasteiger partial charge < -0.3 is 15.4 Å². The molecule has 94 valence electrons. The normalized spacial score (nSPS) is 14.1. The number of hydrogen-bond acceptors (Lipinski definition) is 5. The van der Waals surface area contributed by atoms with Crippen LogP contribution in [0, 0.1) is 0 Å². The molecule has 0 bridgehead atoms.